The van der Waals surface area contributed by atoms with E-state index in [-0.39, 0.29) is 5.91 Å². The minimum atomic E-state index is -0.00261. The lowest BCUT2D eigenvalue weighted by Crippen LogP contribution is -2.19. The van der Waals surface area contributed by atoms with Gasteiger partial charge >= 0.3 is 0 Å². The number of aryl methyl sites for hydroxylation is 1. The Morgan fingerprint density at radius 1 is 1.17 bits per heavy atom. The summed E-state index contributed by atoms with van der Waals surface area (Å²) in [6, 6.07) is 14.0. The summed E-state index contributed by atoms with van der Waals surface area (Å²) in [7, 11) is 1.68. The summed E-state index contributed by atoms with van der Waals surface area (Å²) < 4.78 is 1.05. The van der Waals surface area contributed by atoms with E-state index in [1.165, 1.54) is 16.7 Å². The van der Waals surface area contributed by atoms with E-state index in [1.807, 2.05) is 36.4 Å². The van der Waals surface area contributed by atoms with Crippen molar-refractivity contribution in [3.63, 3.8) is 0 Å². The van der Waals surface area contributed by atoms with Gasteiger partial charge in [-0.2, -0.15) is 0 Å². The predicted molar refractivity (Wildman–Crippen MR) is 98.6 cm³/mol. The molecule has 1 aliphatic rings. The molecule has 2 nitrogen and oxygen atoms in total. The molecule has 0 radical (unpaired) electrons. The topological polar surface area (TPSA) is 29.1 Å². The molecule has 0 atom stereocenters. The lowest BCUT2D eigenvalue weighted by Gasteiger charge is -2.08. The molecule has 2 aromatic carbocycles. The van der Waals surface area contributed by atoms with Crippen LogP contribution >= 0.6 is 27.5 Å². The highest BCUT2D eigenvalue weighted by atomic mass is 79.9. The number of fused-ring (bicyclic) bond motifs is 1. The smallest absolute Gasteiger partial charge is 0.251 e. The first-order valence-corrected chi connectivity index (χ1v) is 8.73. The SMILES string of the molecule is CNC(=O)C1=C(CCc2ccc(Cl)cc2)Cc2cc(Br)ccc21. The standard InChI is InChI=1S/C19H17BrClNO/c1-22-19(23)18-13(5-2-12-3-7-16(21)8-4-12)10-14-11-15(20)6-9-17(14)18/h3-4,6-9,11H,2,5,10H2,1H3,(H,22,23). The third-order valence-corrected chi connectivity index (χ3v) is 4.92. The summed E-state index contributed by atoms with van der Waals surface area (Å²) in [6.45, 7) is 0. The Labute approximate surface area is 149 Å². The van der Waals surface area contributed by atoms with Crippen LogP contribution in [0, 0.1) is 0 Å². The van der Waals surface area contributed by atoms with Crippen LogP contribution in [0.25, 0.3) is 5.57 Å². The van der Waals surface area contributed by atoms with Crippen LogP contribution in [-0.4, -0.2) is 13.0 Å². The van der Waals surface area contributed by atoms with Gasteiger partial charge in [-0.25, -0.2) is 0 Å². The van der Waals surface area contributed by atoms with Crippen LogP contribution in [0.2, 0.25) is 5.02 Å². The van der Waals surface area contributed by atoms with E-state index in [9.17, 15) is 4.79 Å². The number of allylic oxidation sites excluding steroid dienone is 1. The molecule has 0 spiro atoms. The maximum absolute atomic E-state index is 12.3. The Balaban J connectivity index is 1.86. The first-order chi connectivity index (χ1) is 11.1. The van der Waals surface area contributed by atoms with E-state index in [1.54, 1.807) is 7.05 Å². The number of hydrogen-bond donors (Lipinski definition) is 1. The summed E-state index contributed by atoms with van der Waals surface area (Å²) in [5, 5.41) is 3.52. The minimum absolute atomic E-state index is 0.00261. The van der Waals surface area contributed by atoms with E-state index < -0.39 is 0 Å². The van der Waals surface area contributed by atoms with E-state index in [0.717, 1.165) is 39.9 Å². The van der Waals surface area contributed by atoms with E-state index in [0.29, 0.717) is 0 Å². The van der Waals surface area contributed by atoms with Gasteiger partial charge in [0.15, 0.2) is 0 Å². The van der Waals surface area contributed by atoms with E-state index >= 15 is 0 Å². The zero-order chi connectivity index (χ0) is 16.4. The number of likely N-dealkylation sites (N-methyl/N-ethyl adjacent to an activating group) is 1. The fraction of sp³-hybridized carbons (Fsp3) is 0.211. The van der Waals surface area contributed by atoms with Gasteiger partial charge in [-0.15, -0.1) is 0 Å². The first-order valence-electron chi connectivity index (χ1n) is 7.56. The molecule has 1 aliphatic carbocycles. The van der Waals surface area contributed by atoms with Gasteiger partial charge in [-0.3, -0.25) is 4.79 Å². The van der Waals surface area contributed by atoms with Crippen LogP contribution in [-0.2, 0) is 17.6 Å². The van der Waals surface area contributed by atoms with Crippen molar-refractivity contribution in [3.8, 4) is 0 Å². The van der Waals surface area contributed by atoms with Crippen molar-refractivity contribution in [2.45, 2.75) is 19.3 Å². The fourth-order valence-corrected chi connectivity index (χ4v) is 3.56. The van der Waals surface area contributed by atoms with Crippen LogP contribution < -0.4 is 5.32 Å². The van der Waals surface area contributed by atoms with Crippen molar-refractivity contribution < 1.29 is 4.79 Å². The Morgan fingerprint density at radius 3 is 2.61 bits per heavy atom. The normalized spacial score (nSPS) is 13.2. The average molecular weight is 391 g/mol. The Kier molecular flexibility index (Phi) is 4.88. The average Bonchev–Trinajstić information content (AvgIpc) is 2.91. The number of halogens is 2. The lowest BCUT2D eigenvalue weighted by molar-refractivity contribution is -0.115. The molecule has 0 bridgehead atoms. The van der Waals surface area contributed by atoms with Crippen molar-refractivity contribution in [2.75, 3.05) is 7.05 Å². The van der Waals surface area contributed by atoms with Crippen LogP contribution in [0.15, 0.2) is 52.5 Å². The van der Waals surface area contributed by atoms with Crippen LogP contribution in [0.5, 0.6) is 0 Å². The molecule has 0 unspecified atom stereocenters. The second-order valence-corrected chi connectivity index (χ2v) is 7.01. The lowest BCUT2D eigenvalue weighted by atomic mass is 10.00. The number of carbonyl (C=O) groups is 1. The zero-order valence-electron chi connectivity index (χ0n) is 12.8. The van der Waals surface area contributed by atoms with Gasteiger partial charge < -0.3 is 5.32 Å². The Bertz CT molecular complexity index is 780. The van der Waals surface area contributed by atoms with Crippen LogP contribution in [0.3, 0.4) is 0 Å². The molecule has 1 amide bonds. The molecule has 1 N–H and O–H groups in total. The van der Waals surface area contributed by atoms with Gasteiger partial charge in [0.1, 0.15) is 0 Å². The Hall–Kier alpha value is -1.58. The molecule has 4 heteroatoms. The molecule has 118 valence electrons. The van der Waals surface area contributed by atoms with Crippen molar-refractivity contribution in [3.05, 3.63) is 74.2 Å². The van der Waals surface area contributed by atoms with Gasteiger partial charge in [0.05, 0.1) is 0 Å². The van der Waals surface area contributed by atoms with Crippen molar-refractivity contribution >= 4 is 39.0 Å². The molecule has 0 saturated heterocycles. The monoisotopic (exact) mass is 389 g/mol. The molecular formula is C19H17BrClNO. The highest BCUT2D eigenvalue weighted by Crippen LogP contribution is 2.36. The second-order valence-electron chi connectivity index (χ2n) is 5.66. The van der Waals surface area contributed by atoms with E-state index in [2.05, 4.69) is 27.3 Å². The summed E-state index contributed by atoms with van der Waals surface area (Å²) in [5.41, 5.74) is 5.54. The van der Waals surface area contributed by atoms with Gasteiger partial charge in [-0.1, -0.05) is 51.3 Å². The molecule has 2 aromatic rings. The number of benzene rings is 2. The van der Waals surface area contributed by atoms with Crippen LogP contribution in [0.4, 0.5) is 0 Å². The largest absolute Gasteiger partial charge is 0.355 e. The number of carbonyl (C=O) groups excluding carboxylic acids is 1. The van der Waals surface area contributed by atoms with Gasteiger partial charge in [0, 0.05) is 22.1 Å². The number of amides is 1. The quantitative estimate of drug-likeness (QED) is 0.799. The number of nitrogens with one attached hydrogen (secondary N) is 1. The molecular weight excluding hydrogens is 374 g/mol. The maximum Gasteiger partial charge on any atom is 0.251 e. The van der Waals surface area contributed by atoms with Crippen molar-refractivity contribution in [1.82, 2.24) is 5.32 Å². The molecule has 0 aromatic heterocycles. The predicted octanol–water partition coefficient (Wildman–Crippen LogP) is 4.79. The van der Waals surface area contributed by atoms with Gasteiger partial charge in [0.2, 0.25) is 0 Å². The first kappa shape index (κ1) is 16.3. The highest BCUT2D eigenvalue weighted by Gasteiger charge is 2.25. The third kappa shape index (κ3) is 3.51. The molecule has 0 saturated carbocycles. The molecule has 0 aliphatic heterocycles. The third-order valence-electron chi connectivity index (χ3n) is 4.18. The van der Waals surface area contributed by atoms with Gasteiger partial charge in [0.25, 0.3) is 5.91 Å². The summed E-state index contributed by atoms with van der Waals surface area (Å²) in [6.07, 6.45) is 2.62. The van der Waals surface area contributed by atoms with Gasteiger partial charge in [-0.05, 0) is 60.2 Å². The second kappa shape index (κ2) is 6.90. The number of hydrogen-bond acceptors (Lipinski definition) is 1. The summed E-state index contributed by atoms with van der Waals surface area (Å²) in [5.74, 6) is -0.00261. The highest BCUT2D eigenvalue weighted by molar-refractivity contribution is 9.10. The summed E-state index contributed by atoms with van der Waals surface area (Å²) in [4.78, 5) is 12.3. The summed E-state index contributed by atoms with van der Waals surface area (Å²) >= 11 is 9.44. The Morgan fingerprint density at radius 2 is 1.91 bits per heavy atom. The minimum Gasteiger partial charge on any atom is -0.355 e. The van der Waals surface area contributed by atoms with Crippen LogP contribution in [0.1, 0.15) is 23.1 Å². The maximum atomic E-state index is 12.3. The zero-order valence-corrected chi connectivity index (χ0v) is 15.2. The fourth-order valence-electron chi connectivity index (χ4n) is 3.03. The molecule has 23 heavy (non-hydrogen) atoms. The van der Waals surface area contributed by atoms with E-state index in [4.69, 9.17) is 11.6 Å². The van der Waals surface area contributed by atoms with Crippen molar-refractivity contribution in [2.24, 2.45) is 0 Å². The molecule has 0 heterocycles. The van der Waals surface area contributed by atoms with Crippen molar-refractivity contribution in [1.29, 1.82) is 0 Å². The number of rotatable bonds is 4. The molecule has 0 fully saturated rings. The molecule has 3 rings (SSSR count).